The summed E-state index contributed by atoms with van der Waals surface area (Å²) in [7, 11) is 0. The second-order valence-corrected chi connectivity index (χ2v) is 2.18. The summed E-state index contributed by atoms with van der Waals surface area (Å²) in [6, 6.07) is 0. The van der Waals surface area contributed by atoms with Crippen molar-refractivity contribution in [2.24, 2.45) is 5.92 Å². The van der Waals surface area contributed by atoms with Crippen LogP contribution in [0.3, 0.4) is 0 Å². The molecule has 1 unspecified atom stereocenters. The highest BCUT2D eigenvalue weighted by Crippen LogP contribution is 2.04. The maximum absolute atomic E-state index is 5.11. The highest BCUT2D eigenvalue weighted by Gasteiger charge is 2.10. The summed E-state index contributed by atoms with van der Waals surface area (Å²) in [5.41, 5.74) is 0. The smallest absolute Gasteiger partial charge is 0.112 e. The highest BCUT2D eigenvalue weighted by atomic mass is 16.5. The van der Waals surface area contributed by atoms with Crippen LogP contribution in [-0.2, 0) is 4.74 Å². The molecule has 0 aromatic carbocycles. The van der Waals surface area contributed by atoms with Gasteiger partial charge in [-0.2, -0.15) is 0 Å². The van der Waals surface area contributed by atoms with E-state index in [0.717, 1.165) is 13.2 Å². The van der Waals surface area contributed by atoms with E-state index in [9.17, 15) is 0 Å². The molecule has 1 saturated heterocycles. The van der Waals surface area contributed by atoms with Crippen LogP contribution < -0.4 is 5.32 Å². The molecule has 0 amide bonds. The lowest BCUT2D eigenvalue weighted by atomic mass is 10.1. The number of ether oxygens (including phenoxy) is 1. The summed E-state index contributed by atoms with van der Waals surface area (Å²) >= 11 is 0. The lowest BCUT2D eigenvalue weighted by Crippen LogP contribution is -2.29. The van der Waals surface area contributed by atoms with Gasteiger partial charge >= 0.3 is 0 Å². The highest BCUT2D eigenvalue weighted by molar-refractivity contribution is 4.60. The minimum absolute atomic E-state index is 0.622. The number of nitrogens with zero attached hydrogens (tertiary/aromatic N) is 1. The van der Waals surface area contributed by atoms with Crippen molar-refractivity contribution in [3.63, 3.8) is 0 Å². The molecule has 1 fully saturated rings. The van der Waals surface area contributed by atoms with Crippen LogP contribution in [0.25, 0.3) is 0 Å². The van der Waals surface area contributed by atoms with Crippen molar-refractivity contribution in [3.8, 4) is 0 Å². The standard InChI is InChI=1S/C6H12NO/c1-2-6-3-7-5-8-4-6/h6H,2-5H2,1H3. The summed E-state index contributed by atoms with van der Waals surface area (Å²) in [6.45, 7) is 4.72. The Morgan fingerprint density at radius 2 is 2.62 bits per heavy atom. The van der Waals surface area contributed by atoms with Gasteiger partial charge in [0.05, 0.1) is 6.61 Å². The van der Waals surface area contributed by atoms with E-state index < -0.39 is 0 Å². The quantitative estimate of drug-likeness (QED) is 0.489. The van der Waals surface area contributed by atoms with Crippen LogP contribution in [0.2, 0.25) is 0 Å². The molecule has 1 heterocycles. The third kappa shape index (κ3) is 1.46. The molecule has 2 nitrogen and oxygen atoms in total. The maximum atomic E-state index is 5.11. The molecule has 8 heavy (non-hydrogen) atoms. The van der Waals surface area contributed by atoms with Crippen molar-refractivity contribution in [3.05, 3.63) is 0 Å². The summed E-state index contributed by atoms with van der Waals surface area (Å²) in [4.78, 5) is 0. The van der Waals surface area contributed by atoms with E-state index >= 15 is 0 Å². The SMILES string of the molecule is CCC1C[N]COC1. The molecule has 0 spiro atoms. The monoisotopic (exact) mass is 114 g/mol. The van der Waals surface area contributed by atoms with Crippen molar-refractivity contribution in [2.75, 3.05) is 19.9 Å². The van der Waals surface area contributed by atoms with E-state index in [0.29, 0.717) is 12.6 Å². The van der Waals surface area contributed by atoms with Crippen molar-refractivity contribution >= 4 is 0 Å². The summed E-state index contributed by atoms with van der Waals surface area (Å²) in [5.74, 6) is 0.698. The topological polar surface area (TPSA) is 23.3 Å². The van der Waals surface area contributed by atoms with Gasteiger partial charge in [0.15, 0.2) is 0 Å². The van der Waals surface area contributed by atoms with Gasteiger partial charge in [-0.25, -0.2) is 5.32 Å². The fourth-order valence-corrected chi connectivity index (χ4v) is 0.819. The van der Waals surface area contributed by atoms with Gasteiger partial charge in [0.25, 0.3) is 0 Å². The molecule has 1 radical (unpaired) electrons. The van der Waals surface area contributed by atoms with Gasteiger partial charge in [0.1, 0.15) is 6.73 Å². The third-order valence-electron chi connectivity index (χ3n) is 1.50. The maximum Gasteiger partial charge on any atom is 0.112 e. The van der Waals surface area contributed by atoms with Gasteiger partial charge in [0, 0.05) is 6.54 Å². The molecule has 1 aliphatic heterocycles. The Labute approximate surface area is 50.2 Å². The fraction of sp³-hybridized carbons (Fsp3) is 1.00. The second kappa shape index (κ2) is 3.05. The normalized spacial score (nSPS) is 30.4. The molecule has 1 aliphatic rings. The van der Waals surface area contributed by atoms with Crippen LogP contribution >= 0.6 is 0 Å². The van der Waals surface area contributed by atoms with Crippen molar-refractivity contribution in [2.45, 2.75) is 13.3 Å². The molecule has 0 bridgehead atoms. The zero-order valence-corrected chi connectivity index (χ0v) is 5.26. The van der Waals surface area contributed by atoms with Gasteiger partial charge in [-0.1, -0.05) is 6.92 Å². The zero-order chi connectivity index (χ0) is 5.82. The van der Waals surface area contributed by atoms with Crippen molar-refractivity contribution in [1.82, 2.24) is 5.32 Å². The lowest BCUT2D eigenvalue weighted by molar-refractivity contribution is 0.0420. The molecule has 1 atom stereocenters. The van der Waals surface area contributed by atoms with E-state index in [2.05, 4.69) is 12.2 Å². The molecule has 0 aliphatic carbocycles. The van der Waals surface area contributed by atoms with E-state index in [1.165, 1.54) is 6.42 Å². The van der Waals surface area contributed by atoms with E-state index in [1.54, 1.807) is 0 Å². The minimum atomic E-state index is 0.622. The predicted octanol–water partition coefficient (Wildman–Crippen LogP) is 0.605. The average Bonchev–Trinajstić information content (AvgIpc) is 1.90. The molecule has 0 aromatic heterocycles. The summed E-state index contributed by atoms with van der Waals surface area (Å²) < 4.78 is 5.11. The second-order valence-electron chi connectivity index (χ2n) is 2.18. The average molecular weight is 114 g/mol. The van der Waals surface area contributed by atoms with Crippen molar-refractivity contribution in [1.29, 1.82) is 0 Å². The molecule has 2 heteroatoms. The molecular weight excluding hydrogens is 102 g/mol. The Kier molecular flexibility index (Phi) is 2.30. The van der Waals surface area contributed by atoms with Crippen LogP contribution in [0.15, 0.2) is 0 Å². The minimum Gasteiger partial charge on any atom is -0.364 e. The van der Waals surface area contributed by atoms with Gasteiger partial charge in [0.2, 0.25) is 0 Å². The van der Waals surface area contributed by atoms with Crippen LogP contribution in [0.1, 0.15) is 13.3 Å². The Hall–Kier alpha value is -0.0800. The number of rotatable bonds is 1. The zero-order valence-electron chi connectivity index (χ0n) is 5.26. The van der Waals surface area contributed by atoms with Gasteiger partial charge < -0.3 is 4.74 Å². The Bertz CT molecular complexity index is 59.5. The van der Waals surface area contributed by atoms with Gasteiger partial charge in [-0.3, -0.25) is 0 Å². The van der Waals surface area contributed by atoms with Crippen LogP contribution in [-0.4, -0.2) is 19.9 Å². The first-order chi connectivity index (χ1) is 3.93. The molecule has 0 N–H and O–H groups in total. The molecule has 0 saturated carbocycles. The largest absolute Gasteiger partial charge is 0.364 e. The molecule has 1 rings (SSSR count). The van der Waals surface area contributed by atoms with Crippen molar-refractivity contribution < 1.29 is 4.74 Å². The van der Waals surface area contributed by atoms with Gasteiger partial charge in [-0.05, 0) is 12.3 Å². The number of hydrogen-bond acceptors (Lipinski definition) is 1. The Morgan fingerprint density at radius 3 is 3.00 bits per heavy atom. The molecule has 0 aromatic rings. The first-order valence-corrected chi connectivity index (χ1v) is 3.14. The van der Waals surface area contributed by atoms with Crippen LogP contribution in [0, 0.1) is 5.92 Å². The molecular formula is C6H12NO. The van der Waals surface area contributed by atoms with E-state index in [4.69, 9.17) is 4.74 Å². The van der Waals surface area contributed by atoms with Crippen LogP contribution in [0.4, 0.5) is 0 Å². The molecule has 47 valence electrons. The van der Waals surface area contributed by atoms with Crippen LogP contribution in [0.5, 0.6) is 0 Å². The first-order valence-electron chi connectivity index (χ1n) is 3.14. The Morgan fingerprint density at radius 1 is 1.75 bits per heavy atom. The lowest BCUT2D eigenvalue weighted by Gasteiger charge is -2.19. The Balaban J connectivity index is 2.13. The fourth-order valence-electron chi connectivity index (χ4n) is 0.819. The van der Waals surface area contributed by atoms with Gasteiger partial charge in [-0.15, -0.1) is 0 Å². The first kappa shape index (κ1) is 6.05. The van der Waals surface area contributed by atoms with E-state index in [1.807, 2.05) is 0 Å². The van der Waals surface area contributed by atoms with E-state index in [-0.39, 0.29) is 0 Å². The third-order valence-corrected chi connectivity index (χ3v) is 1.50. The summed E-state index contributed by atoms with van der Waals surface area (Å²) in [5, 5.41) is 4.11. The summed E-state index contributed by atoms with van der Waals surface area (Å²) in [6.07, 6.45) is 1.20. The predicted molar refractivity (Wildman–Crippen MR) is 31.6 cm³/mol. The number of hydrogen-bond donors (Lipinski definition) is 0.